The van der Waals surface area contributed by atoms with Gasteiger partial charge in [-0.3, -0.25) is 19.7 Å². The number of nitrogens with one attached hydrogen (secondary N) is 3. The summed E-state index contributed by atoms with van der Waals surface area (Å²) in [4.78, 5) is 35.5. The highest BCUT2D eigenvalue weighted by Crippen LogP contribution is 2.26. The number of anilines is 2. The number of nitrogens with zero attached hydrogens (tertiary/aromatic N) is 1. The molecule has 0 saturated carbocycles. The van der Waals surface area contributed by atoms with Gasteiger partial charge in [-0.2, -0.15) is 0 Å². The van der Waals surface area contributed by atoms with Gasteiger partial charge in [0.15, 0.2) is 0 Å². The Kier molecular flexibility index (Phi) is 9.19. The fourth-order valence-corrected chi connectivity index (χ4v) is 2.87. The van der Waals surface area contributed by atoms with Gasteiger partial charge < -0.3 is 25.4 Å². The normalized spacial score (nSPS) is 10.4. The van der Waals surface area contributed by atoms with Gasteiger partial charge in [0.2, 0.25) is 0 Å². The van der Waals surface area contributed by atoms with E-state index in [1.165, 1.54) is 50.6 Å². The van der Waals surface area contributed by atoms with Gasteiger partial charge in [-0.25, -0.2) is 0 Å². The Morgan fingerprint density at radius 1 is 1.03 bits per heavy atom. The molecule has 0 bridgehead atoms. The molecule has 2 amide bonds. The highest BCUT2D eigenvalue weighted by Gasteiger charge is 2.18. The molecule has 2 aromatic carbocycles. The summed E-state index contributed by atoms with van der Waals surface area (Å²) in [7, 11) is 3.05. The van der Waals surface area contributed by atoms with Crippen molar-refractivity contribution in [3.8, 4) is 0 Å². The molecule has 0 aliphatic rings. The van der Waals surface area contributed by atoms with E-state index in [0.29, 0.717) is 32.0 Å². The first-order valence-corrected chi connectivity index (χ1v) is 9.64. The predicted molar refractivity (Wildman–Crippen MR) is 117 cm³/mol. The van der Waals surface area contributed by atoms with E-state index in [1.807, 2.05) is 0 Å². The molecule has 0 aliphatic carbocycles. The number of methoxy groups -OCH3 is 2. The number of nitro groups is 1. The van der Waals surface area contributed by atoms with Gasteiger partial charge in [0.1, 0.15) is 5.69 Å². The largest absolute Gasteiger partial charge is 0.383 e. The third kappa shape index (κ3) is 6.92. The summed E-state index contributed by atoms with van der Waals surface area (Å²) in [6, 6.07) is 8.54. The molecule has 0 spiro atoms. The number of ether oxygens (including phenoxy) is 2. The molecular weight excluding hydrogens is 428 g/mol. The van der Waals surface area contributed by atoms with Crippen molar-refractivity contribution >= 4 is 40.5 Å². The van der Waals surface area contributed by atoms with Crippen molar-refractivity contribution in [2.45, 2.75) is 0 Å². The maximum atomic E-state index is 12.6. The molecule has 31 heavy (non-hydrogen) atoms. The smallest absolute Gasteiger partial charge is 0.293 e. The molecule has 0 atom stereocenters. The van der Waals surface area contributed by atoms with Crippen LogP contribution in [0.5, 0.6) is 0 Å². The maximum absolute atomic E-state index is 12.6. The Hall–Kier alpha value is -3.21. The summed E-state index contributed by atoms with van der Waals surface area (Å²) in [5, 5.41) is 19.7. The second kappa shape index (κ2) is 11.8. The van der Waals surface area contributed by atoms with Crippen molar-refractivity contribution < 1.29 is 24.0 Å². The summed E-state index contributed by atoms with van der Waals surface area (Å²) in [5.41, 5.74) is 0.739. The summed E-state index contributed by atoms with van der Waals surface area (Å²) >= 11 is 6.16. The first kappa shape index (κ1) is 24.1. The molecule has 2 aromatic rings. The van der Waals surface area contributed by atoms with Crippen LogP contribution in [-0.2, 0) is 9.47 Å². The van der Waals surface area contributed by atoms with Gasteiger partial charge in [0.25, 0.3) is 17.5 Å². The van der Waals surface area contributed by atoms with Crippen LogP contribution in [0.15, 0.2) is 36.4 Å². The molecule has 0 unspecified atom stereocenters. The zero-order chi connectivity index (χ0) is 22.8. The number of benzene rings is 2. The zero-order valence-electron chi connectivity index (χ0n) is 17.1. The van der Waals surface area contributed by atoms with Crippen LogP contribution in [0.2, 0.25) is 5.02 Å². The molecular formula is C20H23ClN4O6. The minimum Gasteiger partial charge on any atom is -0.383 e. The van der Waals surface area contributed by atoms with Gasteiger partial charge >= 0.3 is 0 Å². The third-order valence-electron chi connectivity index (χ3n) is 4.14. The second-order valence-corrected chi connectivity index (χ2v) is 6.71. The Labute approximate surface area is 184 Å². The summed E-state index contributed by atoms with van der Waals surface area (Å²) in [6.07, 6.45) is 0. The molecule has 11 heteroatoms. The number of hydrogen-bond acceptors (Lipinski definition) is 7. The summed E-state index contributed by atoms with van der Waals surface area (Å²) in [6.45, 7) is 1.46. The molecule has 0 saturated heterocycles. The fourth-order valence-electron chi connectivity index (χ4n) is 2.60. The Morgan fingerprint density at radius 3 is 2.39 bits per heavy atom. The molecule has 0 heterocycles. The first-order chi connectivity index (χ1) is 14.9. The Bertz CT molecular complexity index is 953. The fraction of sp³-hybridized carbons (Fsp3) is 0.300. The summed E-state index contributed by atoms with van der Waals surface area (Å²) < 4.78 is 9.78. The minimum absolute atomic E-state index is 0.0986. The molecule has 0 radical (unpaired) electrons. The van der Waals surface area contributed by atoms with Crippen LogP contribution in [0, 0.1) is 10.1 Å². The van der Waals surface area contributed by atoms with Crippen LogP contribution in [0.1, 0.15) is 20.7 Å². The molecule has 0 fully saturated rings. The monoisotopic (exact) mass is 450 g/mol. The number of nitro benzene ring substituents is 1. The van der Waals surface area contributed by atoms with E-state index in [1.54, 1.807) is 0 Å². The average molecular weight is 451 g/mol. The van der Waals surface area contributed by atoms with Crippen molar-refractivity contribution in [3.05, 3.63) is 62.7 Å². The van der Waals surface area contributed by atoms with Crippen LogP contribution in [0.25, 0.3) is 0 Å². The molecule has 166 valence electrons. The van der Waals surface area contributed by atoms with E-state index in [2.05, 4.69) is 16.0 Å². The lowest BCUT2D eigenvalue weighted by molar-refractivity contribution is -0.384. The van der Waals surface area contributed by atoms with Crippen molar-refractivity contribution in [2.75, 3.05) is 51.2 Å². The Morgan fingerprint density at radius 2 is 1.74 bits per heavy atom. The highest BCUT2D eigenvalue weighted by molar-refractivity contribution is 6.34. The van der Waals surface area contributed by atoms with Gasteiger partial charge in [0.05, 0.1) is 28.7 Å². The van der Waals surface area contributed by atoms with Crippen molar-refractivity contribution in [1.29, 1.82) is 0 Å². The lowest BCUT2D eigenvalue weighted by Crippen LogP contribution is -2.27. The highest BCUT2D eigenvalue weighted by atomic mass is 35.5. The number of amides is 2. The van der Waals surface area contributed by atoms with E-state index in [-0.39, 0.29) is 33.4 Å². The average Bonchev–Trinajstić information content (AvgIpc) is 2.74. The van der Waals surface area contributed by atoms with Crippen LogP contribution in [-0.4, -0.2) is 57.3 Å². The second-order valence-electron chi connectivity index (χ2n) is 6.31. The Balaban J connectivity index is 2.12. The molecule has 0 aromatic heterocycles. The molecule has 0 aliphatic heterocycles. The molecule has 10 nitrogen and oxygen atoms in total. The van der Waals surface area contributed by atoms with E-state index in [9.17, 15) is 19.7 Å². The number of halogens is 1. The van der Waals surface area contributed by atoms with E-state index < -0.39 is 10.8 Å². The van der Waals surface area contributed by atoms with Crippen LogP contribution < -0.4 is 16.0 Å². The SMILES string of the molecule is COCCNC(=O)c1ccc(NC(=O)c2ccc(NCCOC)c([N+](=O)[O-])c2)cc1Cl. The van der Waals surface area contributed by atoms with Crippen LogP contribution in [0.3, 0.4) is 0 Å². The van der Waals surface area contributed by atoms with Crippen LogP contribution in [0.4, 0.5) is 17.1 Å². The molecule has 2 rings (SSSR count). The lowest BCUT2D eigenvalue weighted by Gasteiger charge is -2.11. The number of carbonyl (C=O) groups excluding carboxylic acids is 2. The predicted octanol–water partition coefficient (Wildman–Crippen LogP) is 2.94. The first-order valence-electron chi connectivity index (χ1n) is 9.26. The maximum Gasteiger partial charge on any atom is 0.293 e. The lowest BCUT2D eigenvalue weighted by atomic mass is 10.1. The van der Waals surface area contributed by atoms with Gasteiger partial charge in [-0.1, -0.05) is 11.6 Å². The van der Waals surface area contributed by atoms with Crippen molar-refractivity contribution in [2.24, 2.45) is 0 Å². The van der Waals surface area contributed by atoms with E-state index in [4.69, 9.17) is 21.1 Å². The topological polar surface area (TPSA) is 132 Å². The number of rotatable bonds is 11. The third-order valence-corrected chi connectivity index (χ3v) is 4.45. The van der Waals surface area contributed by atoms with Gasteiger partial charge in [-0.05, 0) is 30.3 Å². The van der Waals surface area contributed by atoms with Crippen molar-refractivity contribution in [1.82, 2.24) is 5.32 Å². The van der Waals surface area contributed by atoms with Gasteiger partial charge in [-0.15, -0.1) is 0 Å². The zero-order valence-corrected chi connectivity index (χ0v) is 17.8. The van der Waals surface area contributed by atoms with Gasteiger partial charge in [0, 0.05) is 44.6 Å². The number of hydrogen-bond donors (Lipinski definition) is 3. The van der Waals surface area contributed by atoms with E-state index >= 15 is 0 Å². The quantitative estimate of drug-likeness (QED) is 0.272. The number of carbonyl (C=O) groups is 2. The van der Waals surface area contributed by atoms with E-state index in [0.717, 1.165) is 0 Å². The molecule has 3 N–H and O–H groups in total. The van der Waals surface area contributed by atoms with Crippen molar-refractivity contribution in [3.63, 3.8) is 0 Å². The minimum atomic E-state index is -0.570. The summed E-state index contributed by atoms with van der Waals surface area (Å²) in [5.74, 6) is -0.924. The van der Waals surface area contributed by atoms with Crippen LogP contribution >= 0.6 is 11.6 Å². The standard InChI is InChI=1S/C20H23ClN4O6/c1-30-9-7-22-17-6-3-13(11-18(17)25(28)29)19(26)24-14-4-5-15(16(21)12-14)20(27)23-8-10-31-2/h3-6,11-12,22H,7-10H2,1-2H3,(H,23,27)(H,24,26).